The molecule has 1 aromatic rings. The highest BCUT2D eigenvalue weighted by Gasteiger charge is 2.12. The summed E-state index contributed by atoms with van der Waals surface area (Å²) in [6.07, 6.45) is 4.84. The van der Waals surface area contributed by atoms with Gasteiger partial charge in [0.2, 0.25) is 0 Å². The Morgan fingerprint density at radius 1 is 1.43 bits per heavy atom. The molecule has 0 aromatic heterocycles. The number of fused-ring (bicyclic) bond motifs is 1. The minimum absolute atomic E-state index is 0.800. The molecule has 14 heavy (non-hydrogen) atoms. The average Bonchev–Trinajstić information content (AvgIpc) is 2.27. The number of hydrogen-bond donors (Lipinski definition) is 0. The van der Waals surface area contributed by atoms with E-state index in [1.54, 1.807) is 7.11 Å². The third-order valence-electron chi connectivity index (χ3n) is 2.53. The van der Waals surface area contributed by atoms with E-state index in [0.717, 1.165) is 36.0 Å². The zero-order chi connectivity index (χ0) is 9.97. The number of methoxy groups -OCH3 is 1. The van der Waals surface area contributed by atoms with Crippen LogP contribution < -0.4 is 4.74 Å². The van der Waals surface area contributed by atoms with Crippen molar-refractivity contribution in [3.8, 4) is 5.75 Å². The molecule has 0 saturated carbocycles. The highest BCUT2D eigenvalue weighted by atomic mass is 16.5. The second-order valence-electron chi connectivity index (χ2n) is 3.34. The van der Waals surface area contributed by atoms with Gasteiger partial charge in [0.05, 0.1) is 7.11 Å². The first-order valence-electron chi connectivity index (χ1n) is 4.68. The number of allylic oxidation sites excluding steroid dienone is 2. The summed E-state index contributed by atoms with van der Waals surface area (Å²) in [6, 6.07) is 5.85. The number of aldehydes is 1. The Hall–Kier alpha value is -1.57. The third-order valence-corrected chi connectivity index (χ3v) is 2.53. The SMILES string of the molecule is COc1ccc2c(c1)CCC=C2C=O. The van der Waals surface area contributed by atoms with Gasteiger partial charge in [-0.2, -0.15) is 0 Å². The van der Waals surface area contributed by atoms with Gasteiger partial charge in [-0.05, 0) is 36.1 Å². The number of rotatable bonds is 2. The maximum atomic E-state index is 10.8. The second kappa shape index (κ2) is 3.66. The van der Waals surface area contributed by atoms with E-state index in [0.29, 0.717) is 0 Å². The van der Waals surface area contributed by atoms with Crippen LogP contribution in [0, 0.1) is 0 Å². The Kier molecular flexibility index (Phi) is 2.35. The fraction of sp³-hybridized carbons (Fsp3) is 0.250. The van der Waals surface area contributed by atoms with E-state index in [9.17, 15) is 4.79 Å². The number of ether oxygens (including phenoxy) is 1. The van der Waals surface area contributed by atoms with Gasteiger partial charge in [0, 0.05) is 5.57 Å². The molecule has 1 aliphatic carbocycles. The Morgan fingerprint density at radius 2 is 2.29 bits per heavy atom. The van der Waals surface area contributed by atoms with Crippen LogP contribution in [-0.2, 0) is 11.2 Å². The number of hydrogen-bond acceptors (Lipinski definition) is 2. The van der Waals surface area contributed by atoms with E-state index in [1.165, 1.54) is 5.56 Å². The van der Waals surface area contributed by atoms with Gasteiger partial charge in [0.1, 0.15) is 12.0 Å². The molecule has 2 heteroatoms. The van der Waals surface area contributed by atoms with Crippen LogP contribution in [0.5, 0.6) is 5.75 Å². The van der Waals surface area contributed by atoms with Crippen molar-refractivity contribution in [2.75, 3.05) is 7.11 Å². The van der Waals surface area contributed by atoms with Gasteiger partial charge in [0.15, 0.2) is 0 Å². The molecule has 0 spiro atoms. The maximum Gasteiger partial charge on any atom is 0.150 e. The lowest BCUT2D eigenvalue weighted by atomic mass is 9.91. The minimum Gasteiger partial charge on any atom is -0.497 e. The minimum atomic E-state index is 0.800. The first-order chi connectivity index (χ1) is 6.85. The van der Waals surface area contributed by atoms with Crippen LogP contribution in [-0.4, -0.2) is 13.4 Å². The smallest absolute Gasteiger partial charge is 0.150 e. The topological polar surface area (TPSA) is 26.3 Å². The molecule has 1 aliphatic rings. The summed E-state index contributed by atoms with van der Waals surface area (Å²) in [5.41, 5.74) is 3.05. The van der Waals surface area contributed by atoms with E-state index in [2.05, 4.69) is 0 Å². The monoisotopic (exact) mass is 188 g/mol. The molecule has 0 unspecified atom stereocenters. The number of aryl methyl sites for hydroxylation is 1. The first kappa shape index (κ1) is 9.00. The van der Waals surface area contributed by atoms with E-state index in [-0.39, 0.29) is 0 Å². The first-order valence-corrected chi connectivity index (χ1v) is 4.68. The third kappa shape index (κ3) is 1.43. The predicted molar refractivity (Wildman–Crippen MR) is 55.4 cm³/mol. The van der Waals surface area contributed by atoms with Crippen LogP contribution in [0.2, 0.25) is 0 Å². The van der Waals surface area contributed by atoms with E-state index in [4.69, 9.17) is 4.74 Å². The Balaban J connectivity index is 2.48. The van der Waals surface area contributed by atoms with Crippen molar-refractivity contribution in [1.82, 2.24) is 0 Å². The predicted octanol–water partition coefficient (Wildman–Crippen LogP) is 2.22. The molecular formula is C12H12O2. The molecule has 0 bridgehead atoms. The van der Waals surface area contributed by atoms with Crippen LogP contribution in [0.3, 0.4) is 0 Å². The van der Waals surface area contributed by atoms with Crippen LogP contribution >= 0.6 is 0 Å². The highest BCUT2D eigenvalue weighted by Crippen LogP contribution is 2.28. The van der Waals surface area contributed by atoms with Crippen LogP contribution in [0.1, 0.15) is 17.5 Å². The van der Waals surface area contributed by atoms with Gasteiger partial charge in [-0.1, -0.05) is 12.1 Å². The molecule has 0 heterocycles. The zero-order valence-electron chi connectivity index (χ0n) is 8.12. The van der Waals surface area contributed by atoms with Crippen molar-refractivity contribution in [3.05, 3.63) is 35.4 Å². The van der Waals surface area contributed by atoms with Crippen LogP contribution in [0.25, 0.3) is 5.57 Å². The van der Waals surface area contributed by atoms with E-state index in [1.807, 2.05) is 24.3 Å². The summed E-state index contributed by atoms with van der Waals surface area (Å²) in [5, 5.41) is 0. The van der Waals surface area contributed by atoms with Gasteiger partial charge in [0.25, 0.3) is 0 Å². The molecule has 0 fully saturated rings. The Bertz CT molecular complexity index is 391. The van der Waals surface area contributed by atoms with Gasteiger partial charge < -0.3 is 4.74 Å². The standard InChI is InChI=1S/C12H12O2/c1-14-11-5-6-12-9(7-11)3-2-4-10(12)8-13/h4-8H,2-3H2,1H3. The van der Waals surface area contributed by atoms with Crippen LogP contribution in [0.15, 0.2) is 24.3 Å². The molecule has 0 saturated heterocycles. The van der Waals surface area contributed by atoms with Crippen molar-refractivity contribution in [2.45, 2.75) is 12.8 Å². The molecule has 1 aromatic carbocycles. The number of benzene rings is 1. The maximum absolute atomic E-state index is 10.8. The fourth-order valence-electron chi connectivity index (χ4n) is 1.79. The molecule has 2 nitrogen and oxygen atoms in total. The summed E-state index contributed by atoms with van der Waals surface area (Å²) < 4.78 is 5.14. The van der Waals surface area contributed by atoms with Crippen molar-refractivity contribution in [3.63, 3.8) is 0 Å². The van der Waals surface area contributed by atoms with Crippen molar-refractivity contribution in [2.24, 2.45) is 0 Å². The van der Waals surface area contributed by atoms with E-state index >= 15 is 0 Å². The van der Waals surface area contributed by atoms with Gasteiger partial charge in [-0.3, -0.25) is 4.79 Å². The fourth-order valence-corrected chi connectivity index (χ4v) is 1.79. The zero-order valence-corrected chi connectivity index (χ0v) is 8.12. The second-order valence-corrected chi connectivity index (χ2v) is 3.34. The van der Waals surface area contributed by atoms with Crippen molar-refractivity contribution in [1.29, 1.82) is 0 Å². The molecule has 72 valence electrons. The average molecular weight is 188 g/mol. The largest absolute Gasteiger partial charge is 0.497 e. The normalized spacial score (nSPS) is 14.2. The number of carbonyl (C=O) groups is 1. The highest BCUT2D eigenvalue weighted by molar-refractivity contribution is 6.07. The molecule has 0 aliphatic heterocycles. The Labute approximate surface area is 83.2 Å². The van der Waals surface area contributed by atoms with E-state index < -0.39 is 0 Å². The van der Waals surface area contributed by atoms with Crippen LogP contribution in [0.4, 0.5) is 0 Å². The quantitative estimate of drug-likeness (QED) is 0.665. The van der Waals surface area contributed by atoms with Crippen molar-refractivity contribution >= 4 is 11.9 Å². The summed E-state index contributed by atoms with van der Waals surface area (Å²) in [4.78, 5) is 10.8. The Morgan fingerprint density at radius 3 is 3.00 bits per heavy atom. The lowest BCUT2D eigenvalue weighted by Gasteiger charge is -2.14. The lowest BCUT2D eigenvalue weighted by molar-refractivity contribution is -0.103. The van der Waals surface area contributed by atoms with Gasteiger partial charge in [-0.15, -0.1) is 0 Å². The lowest BCUT2D eigenvalue weighted by Crippen LogP contribution is -2.00. The molecule has 0 amide bonds. The van der Waals surface area contributed by atoms with Gasteiger partial charge >= 0.3 is 0 Å². The van der Waals surface area contributed by atoms with Crippen molar-refractivity contribution < 1.29 is 9.53 Å². The summed E-state index contributed by atoms with van der Waals surface area (Å²) in [6.45, 7) is 0. The molecule has 2 rings (SSSR count). The molecule has 0 N–H and O–H groups in total. The molecular weight excluding hydrogens is 176 g/mol. The van der Waals surface area contributed by atoms with Gasteiger partial charge in [-0.25, -0.2) is 0 Å². The summed E-state index contributed by atoms with van der Waals surface area (Å²) in [7, 11) is 1.65. The molecule has 0 radical (unpaired) electrons. The summed E-state index contributed by atoms with van der Waals surface area (Å²) >= 11 is 0. The molecule has 0 atom stereocenters. The summed E-state index contributed by atoms with van der Waals surface area (Å²) in [5.74, 6) is 0.857. The number of carbonyl (C=O) groups excluding carboxylic acids is 1.